The molecule has 5 heteroatoms. The Labute approximate surface area is 85.0 Å². The molecule has 2 aromatic rings. The molecule has 0 fully saturated rings. The summed E-state index contributed by atoms with van der Waals surface area (Å²) in [5, 5.41) is 9.62. The molecule has 0 bridgehead atoms. The normalized spacial score (nSPS) is 10.5. The zero-order chi connectivity index (χ0) is 10.8. The molecule has 0 radical (unpaired) electrons. The maximum absolute atomic E-state index is 10.7. The fourth-order valence-corrected chi connectivity index (χ4v) is 1.39. The molecule has 0 unspecified atom stereocenters. The van der Waals surface area contributed by atoms with E-state index in [0.29, 0.717) is 11.0 Å². The summed E-state index contributed by atoms with van der Waals surface area (Å²) >= 11 is 0. The van der Waals surface area contributed by atoms with Gasteiger partial charge in [-0.15, -0.1) is 0 Å². The second-order valence-electron chi connectivity index (χ2n) is 2.93. The minimum Gasteiger partial charge on any atom is -0.455 e. The molecule has 0 spiro atoms. The van der Waals surface area contributed by atoms with E-state index in [-0.39, 0.29) is 18.1 Å². The number of fused-ring (bicyclic) bond motifs is 1. The Morgan fingerprint density at radius 3 is 2.87 bits per heavy atom. The zero-order valence-electron chi connectivity index (χ0n) is 7.77. The number of hydrogen-bond donors (Lipinski definition) is 2. The van der Waals surface area contributed by atoms with Crippen molar-refractivity contribution >= 4 is 17.1 Å². The van der Waals surface area contributed by atoms with Crippen LogP contribution in [0.1, 0.15) is 5.76 Å². The Balaban J connectivity index is 2.61. The zero-order valence-corrected chi connectivity index (χ0v) is 7.77. The maximum atomic E-state index is 10.7. The van der Waals surface area contributed by atoms with Crippen LogP contribution in [0, 0.1) is 0 Å². The van der Waals surface area contributed by atoms with Crippen molar-refractivity contribution in [2.24, 2.45) is 5.73 Å². The van der Waals surface area contributed by atoms with Crippen LogP contribution < -0.4 is 10.5 Å². The van der Waals surface area contributed by atoms with Gasteiger partial charge in [0.05, 0.1) is 5.39 Å². The summed E-state index contributed by atoms with van der Waals surface area (Å²) in [5.41, 5.74) is 5.45. The van der Waals surface area contributed by atoms with Gasteiger partial charge >= 0.3 is 6.09 Å². The van der Waals surface area contributed by atoms with E-state index < -0.39 is 6.09 Å². The predicted molar refractivity (Wildman–Crippen MR) is 52.3 cm³/mol. The van der Waals surface area contributed by atoms with Gasteiger partial charge in [0.25, 0.3) is 0 Å². The van der Waals surface area contributed by atoms with Crippen molar-refractivity contribution in [3.8, 4) is 5.75 Å². The quantitative estimate of drug-likeness (QED) is 0.778. The van der Waals surface area contributed by atoms with Gasteiger partial charge in [-0.25, -0.2) is 4.79 Å². The first-order valence-electron chi connectivity index (χ1n) is 4.31. The summed E-state index contributed by atoms with van der Waals surface area (Å²) < 4.78 is 10.0. The predicted octanol–water partition coefficient (Wildman–Crippen LogP) is 1.38. The molecule has 0 aliphatic carbocycles. The first-order chi connectivity index (χ1) is 7.22. The lowest BCUT2D eigenvalue weighted by Gasteiger charge is -1.98. The summed E-state index contributed by atoms with van der Waals surface area (Å²) in [5.74, 6) is 0.371. The highest BCUT2D eigenvalue weighted by Gasteiger charge is 2.16. The van der Waals surface area contributed by atoms with Crippen LogP contribution in [0.5, 0.6) is 5.75 Å². The summed E-state index contributed by atoms with van der Waals surface area (Å²) in [6.45, 7) is -0.350. The van der Waals surface area contributed by atoms with E-state index in [0.717, 1.165) is 0 Å². The van der Waals surface area contributed by atoms with Crippen molar-refractivity contribution in [2.75, 3.05) is 0 Å². The molecular formula is C10H9NO4. The van der Waals surface area contributed by atoms with E-state index in [1.807, 2.05) is 0 Å². The molecule has 3 N–H and O–H groups in total. The topological polar surface area (TPSA) is 85.7 Å². The van der Waals surface area contributed by atoms with Crippen LogP contribution in [0.25, 0.3) is 11.0 Å². The lowest BCUT2D eigenvalue weighted by molar-refractivity contribution is 0.205. The fraction of sp³-hybridized carbons (Fsp3) is 0.100. The summed E-state index contributed by atoms with van der Waals surface area (Å²) in [7, 11) is 0. The Hall–Kier alpha value is -2.01. The number of benzene rings is 1. The number of aliphatic hydroxyl groups excluding tert-OH is 1. The van der Waals surface area contributed by atoms with Crippen LogP contribution >= 0.6 is 0 Å². The average molecular weight is 207 g/mol. The first-order valence-corrected chi connectivity index (χ1v) is 4.31. The molecule has 15 heavy (non-hydrogen) atoms. The van der Waals surface area contributed by atoms with E-state index >= 15 is 0 Å². The number of nitrogens with two attached hydrogens (primary N) is 1. The van der Waals surface area contributed by atoms with Gasteiger partial charge < -0.3 is 20.0 Å². The van der Waals surface area contributed by atoms with Gasteiger partial charge in [0.1, 0.15) is 12.2 Å². The van der Waals surface area contributed by atoms with E-state index in [9.17, 15) is 4.79 Å². The molecule has 0 saturated carbocycles. The lowest BCUT2D eigenvalue weighted by atomic mass is 10.2. The van der Waals surface area contributed by atoms with Gasteiger partial charge in [-0.05, 0) is 12.1 Å². The molecule has 0 aliphatic heterocycles. The van der Waals surface area contributed by atoms with Crippen molar-refractivity contribution in [2.45, 2.75) is 6.61 Å². The molecule has 1 heterocycles. The highest BCUT2D eigenvalue weighted by Crippen LogP contribution is 2.32. The van der Waals surface area contributed by atoms with Crippen molar-refractivity contribution in [1.29, 1.82) is 0 Å². The minimum absolute atomic E-state index is 0.181. The summed E-state index contributed by atoms with van der Waals surface area (Å²) in [6, 6.07) is 6.98. The molecule has 0 aliphatic rings. The Kier molecular flexibility index (Phi) is 2.31. The average Bonchev–Trinajstić information content (AvgIpc) is 2.56. The molecular weight excluding hydrogens is 198 g/mol. The molecule has 1 aromatic heterocycles. The number of carbonyl (C=O) groups excluding carboxylic acids is 1. The smallest absolute Gasteiger partial charge is 0.410 e. The molecule has 5 nitrogen and oxygen atoms in total. The van der Waals surface area contributed by atoms with Gasteiger partial charge in [0.2, 0.25) is 0 Å². The van der Waals surface area contributed by atoms with E-state index in [2.05, 4.69) is 0 Å². The van der Waals surface area contributed by atoms with Gasteiger partial charge in [0, 0.05) is 0 Å². The number of carbonyl (C=O) groups is 1. The van der Waals surface area contributed by atoms with Crippen LogP contribution in [-0.4, -0.2) is 11.2 Å². The van der Waals surface area contributed by atoms with Gasteiger partial charge in [-0.3, -0.25) is 0 Å². The third-order valence-electron chi connectivity index (χ3n) is 1.96. The number of para-hydroxylation sites is 1. The minimum atomic E-state index is -0.934. The molecule has 1 aromatic carbocycles. The van der Waals surface area contributed by atoms with Gasteiger partial charge in [-0.1, -0.05) is 12.1 Å². The van der Waals surface area contributed by atoms with Crippen molar-refractivity contribution in [3.05, 3.63) is 30.0 Å². The van der Waals surface area contributed by atoms with Crippen LogP contribution in [0.4, 0.5) is 4.79 Å². The third-order valence-corrected chi connectivity index (χ3v) is 1.96. The largest absolute Gasteiger partial charge is 0.455 e. The van der Waals surface area contributed by atoms with Crippen LogP contribution in [0.3, 0.4) is 0 Å². The Morgan fingerprint density at radius 1 is 1.47 bits per heavy atom. The van der Waals surface area contributed by atoms with Crippen LogP contribution in [0.15, 0.2) is 28.7 Å². The highest BCUT2D eigenvalue weighted by molar-refractivity contribution is 5.87. The van der Waals surface area contributed by atoms with Gasteiger partial charge in [0.15, 0.2) is 11.5 Å². The standard InChI is InChI=1S/C10H9NO4/c11-10(13)15-9-6-3-1-2-4-7(6)14-8(9)5-12/h1-4,12H,5H2,(H2,11,13). The number of ether oxygens (including phenoxy) is 1. The number of amides is 1. The molecule has 78 valence electrons. The fourth-order valence-electron chi connectivity index (χ4n) is 1.39. The maximum Gasteiger partial charge on any atom is 0.410 e. The molecule has 0 atom stereocenters. The second-order valence-corrected chi connectivity index (χ2v) is 2.93. The van der Waals surface area contributed by atoms with Crippen LogP contribution in [0.2, 0.25) is 0 Å². The van der Waals surface area contributed by atoms with E-state index in [1.165, 1.54) is 0 Å². The monoisotopic (exact) mass is 207 g/mol. The third kappa shape index (κ3) is 1.64. The van der Waals surface area contributed by atoms with Crippen molar-refractivity contribution < 1.29 is 19.1 Å². The van der Waals surface area contributed by atoms with Gasteiger partial charge in [-0.2, -0.15) is 0 Å². The molecule has 0 saturated heterocycles. The first kappa shape index (κ1) is 9.54. The SMILES string of the molecule is NC(=O)Oc1c(CO)oc2ccccc12. The summed E-state index contributed by atoms with van der Waals surface area (Å²) in [6.07, 6.45) is -0.934. The van der Waals surface area contributed by atoms with Crippen LogP contribution in [-0.2, 0) is 6.61 Å². The Bertz CT molecular complexity index is 503. The summed E-state index contributed by atoms with van der Waals surface area (Å²) in [4.78, 5) is 10.7. The number of hydrogen-bond acceptors (Lipinski definition) is 4. The van der Waals surface area contributed by atoms with Crippen molar-refractivity contribution in [3.63, 3.8) is 0 Å². The van der Waals surface area contributed by atoms with E-state index in [1.54, 1.807) is 24.3 Å². The second kappa shape index (κ2) is 3.62. The van der Waals surface area contributed by atoms with E-state index in [4.69, 9.17) is 20.0 Å². The molecule has 1 amide bonds. The number of aliphatic hydroxyl groups is 1. The lowest BCUT2D eigenvalue weighted by Crippen LogP contribution is -2.16. The van der Waals surface area contributed by atoms with Crippen molar-refractivity contribution in [1.82, 2.24) is 0 Å². The number of rotatable bonds is 2. The number of furan rings is 1. The Morgan fingerprint density at radius 2 is 2.20 bits per heavy atom. The number of primary amides is 1. The highest BCUT2D eigenvalue weighted by atomic mass is 16.6. The molecule has 2 rings (SSSR count).